The summed E-state index contributed by atoms with van der Waals surface area (Å²) in [5.41, 5.74) is -6.28. The fourth-order valence-corrected chi connectivity index (χ4v) is 3.39. The maximum atomic E-state index is 14.0. The monoisotopic (exact) mass is 471 g/mol. The summed E-state index contributed by atoms with van der Waals surface area (Å²) >= 11 is 11.6. The van der Waals surface area contributed by atoms with Gasteiger partial charge in [-0.15, -0.1) is 0 Å². The van der Waals surface area contributed by atoms with Crippen LogP contribution in [0.1, 0.15) is 28.8 Å². The molecule has 5 nitrogen and oxygen atoms in total. The molecule has 30 heavy (non-hydrogen) atoms. The smallest absolute Gasteiger partial charge is 0.411 e. The lowest BCUT2D eigenvalue weighted by molar-refractivity contribution is -0.275. The van der Waals surface area contributed by atoms with Crippen LogP contribution in [0.4, 0.5) is 26.3 Å². The second-order valence-corrected chi connectivity index (χ2v) is 7.06. The highest BCUT2D eigenvalue weighted by Gasteiger charge is 2.62. The molecule has 0 saturated heterocycles. The van der Waals surface area contributed by atoms with Crippen LogP contribution in [0.2, 0.25) is 10.0 Å². The summed E-state index contributed by atoms with van der Waals surface area (Å²) < 4.78 is 81.7. The molecular formula is C17H9Cl2F6N3O2. The van der Waals surface area contributed by atoms with Gasteiger partial charge in [0.05, 0.1) is 29.6 Å². The molecule has 1 aliphatic heterocycles. The lowest BCUT2D eigenvalue weighted by Crippen LogP contribution is -2.42. The first-order valence-corrected chi connectivity index (χ1v) is 8.66. The third kappa shape index (κ3) is 4.04. The van der Waals surface area contributed by atoms with Gasteiger partial charge in [0.2, 0.25) is 0 Å². The van der Waals surface area contributed by atoms with Gasteiger partial charge in [-0.25, -0.2) is 0 Å². The molecule has 13 heteroatoms. The average Bonchev–Trinajstić information content (AvgIpc) is 3.07. The van der Waals surface area contributed by atoms with Crippen LogP contribution < -0.4 is 0 Å². The van der Waals surface area contributed by atoms with Crippen LogP contribution in [-0.2, 0) is 16.6 Å². The molecule has 1 N–H and O–H groups in total. The van der Waals surface area contributed by atoms with Gasteiger partial charge in [0, 0.05) is 27.4 Å². The van der Waals surface area contributed by atoms with Crippen LogP contribution in [-0.4, -0.2) is 28.3 Å². The Kier molecular flexibility index (Phi) is 5.63. The standard InChI is InChI=1S/C17H9Cl2F6N3O2/c18-10-2-9(3-11(19)4-10)15(17(23,24)25)5-13(28-30-15)8-1-12(16(20,21)22)14(7-27-29)26-6-8/h1-4,6-7,29H,5H2/b27-7+. The van der Waals surface area contributed by atoms with Gasteiger partial charge >= 0.3 is 12.4 Å². The van der Waals surface area contributed by atoms with Crippen LogP contribution in [0.5, 0.6) is 0 Å². The summed E-state index contributed by atoms with van der Waals surface area (Å²) in [6.07, 6.45) is -9.55. The number of benzene rings is 1. The maximum Gasteiger partial charge on any atom is 0.435 e. The first-order chi connectivity index (χ1) is 13.9. The average molecular weight is 472 g/mol. The zero-order valence-electron chi connectivity index (χ0n) is 14.4. The van der Waals surface area contributed by atoms with E-state index in [9.17, 15) is 26.3 Å². The van der Waals surface area contributed by atoms with Gasteiger partial charge in [0.15, 0.2) is 0 Å². The molecule has 0 bridgehead atoms. The van der Waals surface area contributed by atoms with E-state index in [0.717, 1.165) is 18.3 Å². The van der Waals surface area contributed by atoms with Crippen molar-refractivity contribution in [3.63, 3.8) is 0 Å². The molecule has 0 spiro atoms. The number of hydrogen-bond acceptors (Lipinski definition) is 5. The summed E-state index contributed by atoms with van der Waals surface area (Å²) in [5, 5.41) is 14.2. The largest absolute Gasteiger partial charge is 0.435 e. The highest BCUT2D eigenvalue weighted by atomic mass is 35.5. The molecule has 2 heterocycles. The van der Waals surface area contributed by atoms with Crippen LogP contribution >= 0.6 is 23.2 Å². The first kappa shape index (κ1) is 22.2. The minimum absolute atomic E-state index is 0.0909. The van der Waals surface area contributed by atoms with Crippen molar-refractivity contribution in [1.29, 1.82) is 0 Å². The predicted molar refractivity (Wildman–Crippen MR) is 95.1 cm³/mol. The number of alkyl halides is 6. The molecule has 160 valence electrons. The van der Waals surface area contributed by atoms with Crippen molar-refractivity contribution in [2.24, 2.45) is 10.3 Å². The minimum Gasteiger partial charge on any atom is -0.411 e. The lowest BCUT2D eigenvalue weighted by Gasteiger charge is -2.29. The topological polar surface area (TPSA) is 67.1 Å². The summed E-state index contributed by atoms with van der Waals surface area (Å²) in [4.78, 5) is 8.24. The molecule has 1 aromatic carbocycles. The molecule has 1 unspecified atom stereocenters. The molecular weight excluding hydrogens is 463 g/mol. The van der Waals surface area contributed by atoms with Crippen LogP contribution in [0, 0.1) is 0 Å². The van der Waals surface area contributed by atoms with Crippen molar-refractivity contribution in [2.45, 2.75) is 24.4 Å². The summed E-state index contributed by atoms with van der Waals surface area (Å²) in [7, 11) is 0. The molecule has 3 rings (SSSR count). The molecule has 0 amide bonds. The summed E-state index contributed by atoms with van der Waals surface area (Å²) in [6, 6.07) is 3.73. The van der Waals surface area contributed by atoms with Gasteiger partial charge in [0.25, 0.3) is 5.60 Å². The van der Waals surface area contributed by atoms with E-state index < -0.39 is 46.9 Å². The second kappa shape index (κ2) is 7.62. The van der Waals surface area contributed by atoms with Gasteiger partial charge in [0.1, 0.15) is 0 Å². The fourth-order valence-electron chi connectivity index (χ4n) is 2.86. The van der Waals surface area contributed by atoms with Crippen molar-refractivity contribution < 1.29 is 36.4 Å². The van der Waals surface area contributed by atoms with Crippen molar-refractivity contribution in [2.75, 3.05) is 0 Å². The Morgan fingerprint density at radius 3 is 2.23 bits per heavy atom. The van der Waals surface area contributed by atoms with Crippen LogP contribution in [0.15, 0.2) is 40.8 Å². The van der Waals surface area contributed by atoms with Gasteiger partial charge in [-0.1, -0.05) is 33.5 Å². The van der Waals surface area contributed by atoms with Crippen molar-refractivity contribution in [3.8, 4) is 0 Å². The number of aromatic nitrogens is 1. The molecule has 0 saturated carbocycles. The van der Waals surface area contributed by atoms with E-state index in [2.05, 4.69) is 15.3 Å². The van der Waals surface area contributed by atoms with Crippen LogP contribution in [0.3, 0.4) is 0 Å². The predicted octanol–water partition coefficient (Wildman–Crippen LogP) is 5.80. The van der Waals surface area contributed by atoms with Crippen LogP contribution in [0.25, 0.3) is 0 Å². The zero-order chi connectivity index (χ0) is 22.3. The minimum atomic E-state index is -5.00. The highest BCUT2D eigenvalue weighted by molar-refractivity contribution is 6.34. The Morgan fingerprint density at radius 1 is 1.07 bits per heavy atom. The first-order valence-electron chi connectivity index (χ1n) is 7.91. The van der Waals surface area contributed by atoms with E-state index in [-0.39, 0.29) is 15.6 Å². The Hall–Kier alpha value is -2.53. The number of halogens is 8. The number of nitrogens with zero attached hydrogens (tertiary/aromatic N) is 3. The molecule has 0 aliphatic carbocycles. The van der Waals surface area contributed by atoms with Gasteiger partial charge < -0.3 is 10.0 Å². The number of rotatable bonds is 3. The number of oxime groups is 2. The third-order valence-corrected chi connectivity index (χ3v) is 4.69. The van der Waals surface area contributed by atoms with E-state index in [0.29, 0.717) is 12.3 Å². The molecule has 0 radical (unpaired) electrons. The van der Waals surface area contributed by atoms with Gasteiger partial charge in [-0.3, -0.25) is 4.98 Å². The van der Waals surface area contributed by atoms with E-state index in [1.807, 2.05) is 0 Å². The highest BCUT2D eigenvalue weighted by Crippen LogP contribution is 2.49. The SMILES string of the molecule is O/N=C/c1ncc(C2=NOC(c3cc(Cl)cc(Cl)c3)(C(F)(F)F)C2)cc1C(F)(F)F. The van der Waals surface area contributed by atoms with E-state index in [4.69, 9.17) is 33.2 Å². The quantitative estimate of drug-likeness (QED) is 0.266. The van der Waals surface area contributed by atoms with Gasteiger partial charge in [-0.2, -0.15) is 26.3 Å². The number of pyridine rings is 1. The molecule has 1 atom stereocenters. The molecule has 1 aromatic heterocycles. The Bertz CT molecular complexity index is 1020. The number of hydrogen-bond donors (Lipinski definition) is 1. The normalized spacial score (nSPS) is 19.8. The van der Waals surface area contributed by atoms with Gasteiger partial charge in [-0.05, 0) is 24.3 Å². The van der Waals surface area contributed by atoms with E-state index >= 15 is 0 Å². The van der Waals surface area contributed by atoms with Crippen molar-refractivity contribution in [3.05, 3.63) is 62.9 Å². The maximum absolute atomic E-state index is 14.0. The zero-order valence-corrected chi connectivity index (χ0v) is 15.9. The molecule has 2 aromatic rings. The Labute approximate surface area is 174 Å². The fraction of sp³-hybridized carbons (Fsp3) is 0.235. The summed E-state index contributed by atoms with van der Waals surface area (Å²) in [5.74, 6) is 0. The summed E-state index contributed by atoms with van der Waals surface area (Å²) in [6.45, 7) is 0. The second-order valence-electron chi connectivity index (χ2n) is 6.19. The van der Waals surface area contributed by atoms with E-state index in [1.165, 1.54) is 6.07 Å². The van der Waals surface area contributed by atoms with Crippen molar-refractivity contribution in [1.82, 2.24) is 4.98 Å². The van der Waals surface area contributed by atoms with E-state index in [1.54, 1.807) is 0 Å². The Morgan fingerprint density at radius 2 is 1.70 bits per heavy atom. The Balaban J connectivity index is 2.07. The van der Waals surface area contributed by atoms with Crippen molar-refractivity contribution >= 4 is 35.1 Å². The molecule has 1 aliphatic rings. The third-order valence-electron chi connectivity index (χ3n) is 4.25. The molecule has 0 fully saturated rings. The lowest BCUT2D eigenvalue weighted by atomic mass is 9.86.